The van der Waals surface area contributed by atoms with Crippen LogP contribution in [0.25, 0.3) is 21.8 Å². The SMILES string of the molecule is COc1ccc2c(NCCN(C)CCNc3ccnc4cc(OC)ccc34)ccnc2c1. The highest BCUT2D eigenvalue weighted by molar-refractivity contribution is 5.92. The summed E-state index contributed by atoms with van der Waals surface area (Å²) >= 11 is 0. The Labute approximate surface area is 188 Å². The molecule has 0 amide bonds. The van der Waals surface area contributed by atoms with Gasteiger partial charge in [-0.15, -0.1) is 0 Å². The van der Waals surface area contributed by atoms with Crippen molar-refractivity contribution in [3.63, 3.8) is 0 Å². The summed E-state index contributed by atoms with van der Waals surface area (Å²) in [5, 5.41) is 9.26. The highest BCUT2D eigenvalue weighted by Crippen LogP contribution is 2.26. The van der Waals surface area contributed by atoms with Crippen molar-refractivity contribution in [2.24, 2.45) is 0 Å². The van der Waals surface area contributed by atoms with Crippen molar-refractivity contribution >= 4 is 33.2 Å². The number of benzene rings is 2. The number of likely N-dealkylation sites (N-methyl/N-ethyl adjacent to an activating group) is 1. The van der Waals surface area contributed by atoms with E-state index in [0.29, 0.717) is 0 Å². The van der Waals surface area contributed by atoms with Gasteiger partial charge in [-0.1, -0.05) is 0 Å². The number of methoxy groups -OCH3 is 2. The third-order valence-electron chi connectivity index (χ3n) is 5.52. The number of fused-ring (bicyclic) bond motifs is 2. The fraction of sp³-hybridized carbons (Fsp3) is 0.280. The van der Waals surface area contributed by atoms with Crippen molar-refractivity contribution in [1.29, 1.82) is 0 Å². The van der Waals surface area contributed by atoms with Gasteiger partial charge in [0, 0.05) is 72.9 Å². The average molecular weight is 432 g/mol. The molecule has 7 heteroatoms. The van der Waals surface area contributed by atoms with E-state index in [1.165, 1.54) is 0 Å². The minimum atomic E-state index is 0.815. The highest BCUT2D eigenvalue weighted by atomic mass is 16.5. The third kappa shape index (κ3) is 5.00. The van der Waals surface area contributed by atoms with Gasteiger partial charge in [-0.3, -0.25) is 9.97 Å². The first-order valence-electron chi connectivity index (χ1n) is 10.7. The van der Waals surface area contributed by atoms with Crippen LogP contribution in [0.3, 0.4) is 0 Å². The molecule has 2 heterocycles. The molecule has 166 valence electrons. The second-order valence-corrected chi connectivity index (χ2v) is 7.64. The molecule has 2 aromatic heterocycles. The molecule has 0 aliphatic carbocycles. The van der Waals surface area contributed by atoms with E-state index in [9.17, 15) is 0 Å². The van der Waals surface area contributed by atoms with Gasteiger partial charge in [-0.2, -0.15) is 0 Å². The van der Waals surface area contributed by atoms with Gasteiger partial charge in [-0.05, 0) is 43.4 Å². The Kier molecular flexibility index (Phi) is 6.87. The largest absolute Gasteiger partial charge is 0.497 e. The smallest absolute Gasteiger partial charge is 0.121 e. The molecule has 0 unspecified atom stereocenters. The number of rotatable bonds is 10. The first kappa shape index (κ1) is 21.6. The van der Waals surface area contributed by atoms with Gasteiger partial charge in [0.2, 0.25) is 0 Å². The van der Waals surface area contributed by atoms with Crippen molar-refractivity contribution in [3.8, 4) is 11.5 Å². The lowest BCUT2D eigenvalue weighted by Crippen LogP contribution is -2.29. The molecule has 0 atom stereocenters. The number of pyridine rings is 2. The fourth-order valence-corrected chi connectivity index (χ4v) is 3.69. The number of ether oxygens (including phenoxy) is 2. The maximum absolute atomic E-state index is 5.30. The van der Waals surface area contributed by atoms with Crippen LogP contribution in [-0.2, 0) is 0 Å². The molecule has 4 aromatic rings. The van der Waals surface area contributed by atoms with Crippen LogP contribution in [0, 0.1) is 0 Å². The molecular weight excluding hydrogens is 402 g/mol. The topological polar surface area (TPSA) is 71.5 Å². The van der Waals surface area contributed by atoms with Crippen LogP contribution >= 0.6 is 0 Å². The van der Waals surface area contributed by atoms with E-state index in [-0.39, 0.29) is 0 Å². The van der Waals surface area contributed by atoms with Crippen molar-refractivity contribution in [3.05, 3.63) is 60.9 Å². The molecule has 2 aromatic carbocycles. The van der Waals surface area contributed by atoms with E-state index in [4.69, 9.17) is 9.47 Å². The Hall–Kier alpha value is -3.58. The lowest BCUT2D eigenvalue weighted by Gasteiger charge is -2.19. The Morgan fingerprint density at radius 1 is 0.719 bits per heavy atom. The summed E-state index contributed by atoms with van der Waals surface area (Å²) in [7, 11) is 5.47. The number of hydrogen-bond donors (Lipinski definition) is 2. The molecule has 0 aliphatic rings. The maximum atomic E-state index is 5.30. The number of anilines is 2. The molecular formula is C25H29N5O2. The van der Waals surface area contributed by atoms with Gasteiger partial charge in [0.15, 0.2) is 0 Å². The zero-order valence-electron chi connectivity index (χ0n) is 18.8. The number of hydrogen-bond acceptors (Lipinski definition) is 7. The predicted octanol–water partition coefficient (Wildman–Crippen LogP) is 4.26. The van der Waals surface area contributed by atoms with E-state index in [2.05, 4.69) is 32.5 Å². The summed E-state index contributed by atoms with van der Waals surface area (Å²) in [4.78, 5) is 11.2. The molecule has 2 N–H and O–H groups in total. The van der Waals surface area contributed by atoms with E-state index in [1.54, 1.807) is 14.2 Å². The van der Waals surface area contributed by atoms with Gasteiger partial charge in [0.1, 0.15) is 11.5 Å². The first-order valence-corrected chi connectivity index (χ1v) is 10.7. The summed E-state index contributed by atoms with van der Waals surface area (Å²) < 4.78 is 10.6. The molecule has 0 spiro atoms. The molecule has 0 radical (unpaired) electrons. The Morgan fingerprint density at radius 2 is 1.19 bits per heavy atom. The van der Waals surface area contributed by atoms with Crippen molar-refractivity contribution in [1.82, 2.24) is 14.9 Å². The van der Waals surface area contributed by atoms with E-state index in [1.807, 2.05) is 60.9 Å². The van der Waals surface area contributed by atoms with Gasteiger partial charge in [-0.25, -0.2) is 0 Å². The second-order valence-electron chi connectivity index (χ2n) is 7.64. The van der Waals surface area contributed by atoms with Crippen molar-refractivity contribution in [2.75, 3.05) is 58.1 Å². The molecule has 32 heavy (non-hydrogen) atoms. The Bertz CT molecular complexity index is 1100. The van der Waals surface area contributed by atoms with Crippen molar-refractivity contribution in [2.45, 2.75) is 0 Å². The van der Waals surface area contributed by atoms with Crippen LogP contribution < -0.4 is 20.1 Å². The second kappa shape index (κ2) is 10.2. The predicted molar refractivity (Wildman–Crippen MR) is 131 cm³/mol. The molecule has 4 rings (SSSR count). The van der Waals surface area contributed by atoms with Crippen LogP contribution in [0.5, 0.6) is 11.5 Å². The highest BCUT2D eigenvalue weighted by Gasteiger charge is 2.06. The molecule has 0 saturated heterocycles. The summed E-state index contributed by atoms with van der Waals surface area (Å²) in [6, 6.07) is 16.0. The quantitative estimate of drug-likeness (QED) is 0.389. The third-order valence-corrected chi connectivity index (χ3v) is 5.52. The van der Waals surface area contributed by atoms with E-state index in [0.717, 1.165) is 70.9 Å². The summed E-state index contributed by atoms with van der Waals surface area (Å²) in [5.74, 6) is 1.63. The maximum Gasteiger partial charge on any atom is 0.121 e. The lowest BCUT2D eigenvalue weighted by atomic mass is 10.2. The normalized spacial score (nSPS) is 11.1. The van der Waals surface area contributed by atoms with E-state index >= 15 is 0 Å². The molecule has 0 fully saturated rings. The van der Waals surface area contributed by atoms with E-state index < -0.39 is 0 Å². The monoisotopic (exact) mass is 431 g/mol. The fourth-order valence-electron chi connectivity index (χ4n) is 3.69. The van der Waals surface area contributed by atoms with Gasteiger partial charge in [0.05, 0.1) is 25.3 Å². The van der Waals surface area contributed by atoms with Crippen LogP contribution in [0.1, 0.15) is 0 Å². The minimum absolute atomic E-state index is 0.815. The zero-order chi connectivity index (χ0) is 22.3. The lowest BCUT2D eigenvalue weighted by molar-refractivity contribution is 0.361. The number of aromatic nitrogens is 2. The molecule has 0 saturated carbocycles. The van der Waals surface area contributed by atoms with Gasteiger partial charge in [0.25, 0.3) is 0 Å². The van der Waals surface area contributed by atoms with Gasteiger partial charge >= 0.3 is 0 Å². The minimum Gasteiger partial charge on any atom is -0.497 e. The summed E-state index contributed by atoms with van der Waals surface area (Å²) in [6.07, 6.45) is 3.65. The Morgan fingerprint density at radius 3 is 1.62 bits per heavy atom. The zero-order valence-corrected chi connectivity index (χ0v) is 18.8. The number of nitrogens with one attached hydrogen (secondary N) is 2. The van der Waals surface area contributed by atoms with Gasteiger partial charge < -0.3 is 25.0 Å². The number of nitrogens with zero attached hydrogens (tertiary/aromatic N) is 3. The molecule has 0 bridgehead atoms. The molecule has 0 aliphatic heterocycles. The first-order chi connectivity index (χ1) is 15.7. The van der Waals surface area contributed by atoms with Crippen LogP contribution in [0.2, 0.25) is 0 Å². The van der Waals surface area contributed by atoms with Crippen LogP contribution in [0.4, 0.5) is 11.4 Å². The standard InChI is InChI=1S/C25H29N5O2/c1-30(14-12-28-22-8-10-26-24-16-18(31-2)4-6-20(22)24)15-13-29-23-9-11-27-25-17-19(32-3)5-7-21(23)25/h4-11,16-17H,12-15H2,1-3H3,(H,26,28)(H,27,29). The van der Waals surface area contributed by atoms with Crippen LogP contribution in [0.15, 0.2) is 60.9 Å². The van der Waals surface area contributed by atoms with Crippen molar-refractivity contribution < 1.29 is 9.47 Å². The summed E-state index contributed by atoms with van der Waals surface area (Å²) in [6.45, 7) is 3.55. The molecule has 7 nitrogen and oxygen atoms in total. The average Bonchev–Trinajstić information content (AvgIpc) is 2.83. The van der Waals surface area contributed by atoms with Crippen LogP contribution in [-0.4, -0.2) is 62.3 Å². The summed E-state index contributed by atoms with van der Waals surface area (Å²) in [5.41, 5.74) is 4.02. The Balaban J connectivity index is 1.28.